The predicted octanol–water partition coefficient (Wildman–Crippen LogP) is 3.31. The summed E-state index contributed by atoms with van der Waals surface area (Å²) in [7, 11) is 0. The topological polar surface area (TPSA) is 24.9 Å². The highest BCUT2D eigenvalue weighted by molar-refractivity contribution is 5.08. The van der Waals surface area contributed by atoms with Crippen LogP contribution in [-0.2, 0) is 0 Å². The second kappa shape index (κ2) is 5.44. The molecule has 0 saturated heterocycles. The number of hydrogen-bond acceptors (Lipinski definition) is 2. The number of hydrogen-bond donors (Lipinski definition) is 1. The molecule has 0 aliphatic heterocycles. The minimum Gasteiger partial charge on any atom is -0.306 e. The first-order valence-corrected chi connectivity index (χ1v) is 6.48. The third-order valence-electron chi connectivity index (χ3n) is 3.78. The Morgan fingerprint density at radius 1 is 1.44 bits per heavy atom. The highest BCUT2D eigenvalue weighted by Gasteiger charge is 2.26. The molecule has 2 nitrogen and oxygen atoms in total. The number of pyridine rings is 1. The van der Waals surface area contributed by atoms with Crippen LogP contribution in [0.2, 0.25) is 0 Å². The van der Waals surface area contributed by atoms with Gasteiger partial charge >= 0.3 is 0 Å². The molecular weight excluding hydrogens is 196 g/mol. The van der Waals surface area contributed by atoms with Crippen molar-refractivity contribution in [2.75, 3.05) is 0 Å². The quantitative estimate of drug-likeness (QED) is 0.838. The molecule has 88 valence electrons. The van der Waals surface area contributed by atoms with Gasteiger partial charge in [-0.2, -0.15) is 0 Å². The van der Waals surface area contributed by atoms with Crippen molar-refractivity contribution >= 4 is 0 Å². The normalized spacial score (nSPS) is 26.9. The zero-order valence-electron chi connectivity index (χ0n) is 10.3. The van der Waals surface area contributed by atoms with Gasteiger partial charge in [0.25, 0.3) is 0 Å². The van der Waals surface area contributed by atoms with Gasteiger partial charge in [-0.3, -0.25) is 4.98 Å². The SMILES string of the molecule is CC[C@@H]1CCC[C@@H]1N[C@H](C)c1ccccn1. The fraction of sp³-hybridized carbons (Fsp3) is 0.643. The Hall–Kier alpha value is -0.890. The Kier molecular flexibility index (Phi) is 3.94. The van der Waals surface area contributed by atoms with Crippen LogP contribution >= 0.6 is 0 Å². The maximum absolute atomic E-state index is 4.41. The minimum absolute atomic E-state index is 0.373. The van der Waals surface area contributed by atoms with E-state index in [2.05, 4.69) is 36.3 Å². The van der Waals surface area contributed by atoms with Crippen LogP contribution in [0.5, 0.6) is 0 Å². The fourth-order valence-corrected chi connectivity index (χ4v) is 2.78. The van der Waals surface area contributed by atoms with Gasteiger partial charge < -0.3 is 5.32 Å². The molecule has 1 aliphatic carbocycles. The summed E-state index contributed by atoms with van der Waals surface area (Å²) in [6, 6.07) is 7.21. The summed E-state index contributed by atoms with van der Waals surface area (Å²) in [5, 5.41) is 3.73. The second-order valence-corrected chi connectivity index (χ2v) is 4.85. The Labute approximate surface area is 98.5 Å². The number of nitrogens with zero attached hydrogens (tertiary/aromatic N) is 1. The van der Waals surface area contributed by atoms with Gasteiger partial charge in [0, 0.05) is 18.3 Å². The molecule has 1 aliphatic rings. The standard InChI is InChI=1S/C14H22N2/c1-3-12-7-6-9-14(12)16-11(2)13-8-4-5-10-15-13/h4-5,8,10-12,14,16H,3,6-7,9H2,1-2H3/t11-,12-,14+/m1/s1. The number of nitrogens with one attached hydrogen (secondary N) is 1. The van der Waals surface area contributed by atoms with Gasteiger partial charge in [-0.25, -0.2) is 0 Å². The van der Waals surface area contributed by atoms with Gasteiger partial charge in [0.1, 0.15) is 0 Å². The van der Waals surface area contributed by atoms with Crippen molar-refractivity contribution in [1.82, 2.24) is 10.3 Å². The lowest BCUT2D eigenvalue weighted by Crippen LogP contribution is -2.34. The molecule has 1 aromatic rings. The predicted molar refractivity (Wildman–Crippen MR) is 67.2 cm³/mol. The molecule has 0 aromatic carbocycles. The summed E-state index contributed by atoms with van der Waals surface area (Å²) in [4.78, 5) is 4.41. The van der Waals surface area contributed by atoms with Gasteiger partial charge in [-0.15, -0.1) is 0 Å². The molecule has 1 saturated carbocycles. The molecule has 2 rings (SSSR count). The first-order valence-electron chi connectivity index (χ1n) is 6.48. The van der Waals surface area contributed by atoms with Gasteiger partial charge in [-0.05, 0) is 37.8 Å². The van der Waals surface area contributed by atoms with Crippen molar-refractivity contribution < 1.29 is 0 Å². The van der Waals surface area contributed by atoms with E-state index in [0.717, 1.165) is 11.6 Å². The first-order chi connectivity index (χ1) is 7.81. The Bertz CT molecular complexity index is 310. The van der Waals surface area contributed by atoms with Crippen LogP contribution in [-0.4, -0.2) is 11.0 Å². The van der Waals surface area contributed by atoms with E-state index in [9.17, 15) is 0 Å². The molecule has 2 heteroatoms. The summed E-state index contributed by atoms with van der Waals surface area (Å²) in [5.41, 5.74) is 1.16. The smallest absolute Gasteiger partial charge is 0.0570 e. The van der Waals surface area contributed by atoms with Crippen LogP contribution in [0.1, 0.15) is 51.3 Å². The van der Waals surface area contributed by atoms with Crippen LogP contribution in [0.25, 0.3) is 0 Å². The van der Waals surface area contributed by atoms with E-state index in [1.165, 1.54) is 25.7 Å². The average Bonchev–Trinajstić information content (AvgIpc) is 2.77. The molecule has 0 bridgehead atoms. The maximum Gasteiger partial charge on any atom is 0.0570 e. The molecule has 0 amide bonds. The number of rotatable bonds is 4. The molecular formula is C14H22N2. The van der Waals surface area contributed by atoms with Crippen molar-refractivity contribution in [2.24, 2.45) is 5.92 Å². The third kappa shape index (κ3) is 2.62. The highest BCUT2D eigenvalue weighted by atomic mass is 15.0. The monoisotopic (exact) mass is 218 g/mol. The molecule has 3 atom stereocenters. The number of aromatic nitrogens is 1. The fourth-order valence-electron chi connectivity index (χ4n) is 2.78. The lowest BCUT2D eigenvalue weighted by molar-refractivity contribution is 0.357. The van der Waals surface area contributed by atoms with Crippen molar-refractivity contribution in [2.45, 2.75) is 51.6 Å². The van der Waals surface area contributed by atoms with E-state index < -0.39 is 0 Å². The van der Waals surface area contributed by atoms with E-state index in [0.29, 0.717) is 12.1 Å². The van der Waals surface area contributed by atoms with Crippen molar-refractivity contribution in [1.29, 1.82) is 0 Å². The highest BCUT2D eigenvalue weighted by Crippen LogP contribution is 2.29. The summed E-state index contributed by atoms with van der Waals surface area (Å²) in [6.07, 6.45) is 7.27. The molecule has 1 aromatic heterocycles. The van der Waals surface area contributed by atoms with Gasteiger partial charge in [-0.1, -0.05) is 25.8 Å². The lowest BCUT2D eigenvalue weighted by atomic mass is 9.99. The molecule has 1 fully saturated rings. The molecule has 0 spiro atoms. The van der Waals surface area contributed by atoms with E-state index in [1.54, 1.807) is 0 Å². The van der Waals surface area contributed by atoms with Crippen LogP contribution in [0.3, 0.4) is 0 Å². The van der Waals surface area contributed by atoms with Crippen molar-refractivity contribution in [3.8, 4) is 0 Å². The van der Waals surface area contributed by atoms with E-state index in [-0.39, 0.29) is 0 Å². The Morgan fingerprint density at radius 3 is 3.00 bits per heavy atom. The van der Waals surface area contributed by atoms with Gasteiger partial charge in [0.2, 0.25) is 0 Å². The Balaban J connectivity index is 1.94. The van der Waals surface area contributed by atoms with E-state index >= 15 is 0 Å². The maximum atomic E-state index is 4.41. The average molecular weight is 218 g/mol. The van der Waals surface area contributed by atoms with Crippen LogP contribution in [0, 0.1) is 5.92 Å². The first kappa shape index (κ1) is 11.6. The third-order valence-corrected chi connectivity index (χ3v) is 3.78. The molecule has 1 heterocycles. The molecule has 0 radical (unpaired) electrons. The van der Waals surface area contributed by atoms with E-state index in [4.69, 9.17) is 0 Å². The zero-order chi connectivity index (χ0) is 11.4. The Morgan fingerprint density at radius 2 is 2.31 bits per heavy atom. The van der Waals surface area contributed by atoms with Gasteiger partial charge in [0.15, 0.2) is 0 Å². The molecule has 16 heavy (non-hydrogen) atoms. The summed E-state index contributed by atoms with van der Waals surface area (Å²) < 4.78 is 0. The summed E-state index contributed by atoms with van der Waals surface area (Å²) >= 11 is 0. The van der Waals surface area contributed by atoms with Crippen LogP contribution in [0.4, 0.5) is 0 Å². The summed E-state index contributed by atoms with van der Waals surface area (Å²) in [6.45, 7) is 4.52. The van der Waals surface area contributed by atoms with Crippen molar-refractivity contribution in [3.05, 3.63) is 30.1 Å². The molecule has 0 unspecified atom stereocenters. The van der Waals surface area contributed by atoms with E-state index in [1.807, 2.05) is 12.3 Å². The van der Waals surface area contributed by atoms with Gasteiger partial charge in [0.05, 0.1) is 5.69 Å². The summed E-state index contributed by atoms with van der Waals surface area (Å²) in [5.74, 6) is 0.867. The lowest BCUT2D eigenvalue weighted by Gasteiger charge is -2.24. The largest absolute Gasteiger partial charge is 0.306 e. The zero-order valence-corrected chi connectivity index (χ0v) is 10.3. The minimum atomic E-state index is 0.373. The van der Waals surface area contributed by atoms with Crippen LogP contribution in [0.15, 0.2) is 24.4 Å². The second-order valence-electron chi connectivity index (χ2n) is 4.85. The van der Waals surface area contributed by atoms with Crippen molar-refractivity contribution in [3.63, 3.8) is 0 Å². The van der Waals surface area contributed by atoms with Crippen LogP contribution < -0.4 is 5.32 Å². The molecule has 1 N–H and O–H groups in total.